The molecule has 1 aliphatic heterocycles. The molecule has 0 unspecified atom stereocenters. The fraction of sp³-hybridized carbons (Fsp3) is 0.407. The molecule has 3 amide bonds. The summed E-state index contributed by atoms with van der Waals surface area (Å²) in [7, 11) is -4.47. The molecule has 0 aliphatic carbocycles. The second-order valence-corrected chi connectivity index (χ2v) is 11.5. The molecule has 3 heterocycles. The number of hydrogen-bond acceptors (Lipinski definition) is 8. The zero-order valence-corrected chi connectivity index (χ0v) is 24.1. The van der Waals surface area contributed by atoms with Crippen molar-refractivity contribution in [1.82, 2.24) is 34.9 Å². The predicted octanol–water partition coefficient (Wildman–Crippen LogP) is 2.08. The molecule has 0 bridgehead atoms. The molecule has 1 fully saturated rings. The molecule has 15 heteroatoms. The van der Waals surface area contributed by atoms with Crippen LogP contribution in [0.5, 0.6) is 0 Å². The van der Waals surface area contributed by atoms with Gasteiger partial charge in [0.1, 0.15) is 11.7 Å². The summed E-state index contributed by atoms with van der Waals surface area (Å²) in [4.78, 5) is 70.1. The number of ether oxygens (including phenoxy) is 1. The van der Waals surface area contributed by atoms with E-state index >= 15 is 0 Å². The van der Waals surface area contributed by atoms with Gasteiger partial charge in [-0.25, -0.2) is 19.4 Å². The van der Waals surface area contributed by atoms with Gasteiger partial charge in [0.05, 0.1) is 12.8 Å². The molecule has 2 aromatic heterocycles. The second-order valence-electron chi connectivity index (χ2n) is 9.73. The van der Waals surface area contributed by atoms with Crippen molar-refractivity contribution in [3.8, 4) is 17.2 Å². The van der Waals surface area contributed by atoms with Crippen LogP contribution in [0.25, 0.3) is 17.2 Å². The monoisotopic (exact) mass is 599 g/mol. The van der Waals surface area contributed by atoms with E-state index in [4.69, 9.17) is 4.74 Å². The number of piperazine rings is 1. The molecule has 42 heavy (non-hydrogen) atoms. The van der Waals surface area contributed by atoms with Gasteiger partial charge >= 0.3 is 13.7 Å². The number of nitrogens with one attached hydrogen (secondary N) is 1. The molecule has 224 valence electrons. The van der Waals surface area contributed by atoms with Crippen molar-refractivity contribution >= 4 is 25.5 Å². The summed E-state index contributed by atoms with van der Waals surface area (Å²) >= 11 is 0. The minimum atomic E-state index is -4.47. The number of unbranched alkanes of at least 4 members (excludes halogenated alkanes) is 1. The number of hydrogen-bond donors (Lipinski definition) is 3. The third kappa shape index (κ3) is 8.44. The first-order chi connectivity index (χ1) is 20.1. The maximum atomic E-state index is 13.5. The Kier molecular flexibility index (Phi) is 10.4. The van der Waals surface area contributed by atoms with Crippen LogP contribution in [0.2, 0.25) is 0 Å². The van der Waals surface area contributed by atoms with E-state index in [0.717, 1.165) is 12.8 Å². The zero-order chi connectivity index (χ0) is 30.1. The molecule has 1 aromatic carbocycles. The Morgan fingerprint density at radius 2 is 1.76 bits per heavy atom. The maximum absolute atomic E-state index is 13.5. The average Bonchev–Trinajstić information content (AvgIpc) is 3.54. The van der Waals surface area contributed by atoms with Crippen LogP contribution in [-0.2, 0) is 14.1 Å². The normalized spacial score (nSPS) is 14.4. The van der Waals surface area contributed by atoms with E-state index in [1.165, 1.54) is 20.5 Å². The van der Waals surface area contributed by atoms with Gasteiger partial charge in [0.15, 0.2) is 11.6 Å². The summed E-state index contributed by atoms with van der Waals surface area (Å²) in [6.07, 6.45) is 3.52. The van der Waals surface area contributed by atoms with Crippen molar-refractivity contribution in [2.45, 2.75) is 32.2 Å². The molecular weight excluding hydrogens is 565 g/mol. The fourth-order valence-corrected chi connectivity index (χ4v) is 4.90. The van der Waals surface area contributed by atoms with Crippen LogP contribution < -0.4 is 5.32 Å². The van der Waals surface area contributed by atoms with Gasteiger partial charge in [-0.2, -0.15) is 5.10 Å². The Morgan fingerprint density at radius 1 is 1.05 bits per heavy atom. The maximum Gasteiger partial charge on any atom is 0.409 e. The Hall–Kier alpha value is -4.13. The number of benzene rings is 1. The lowest BCUT2D eigenvalue weighted by Gasteiger charge is -2.36. The quantitative estimate of drug-likeness (QED) is 0.218. The average molecular weight is 600 g/mol. The first kappa shape index (κ1) is 30.8. The molecule has 14 nitrogen and oxygen atoms in total. The van der Waals surface area contributed by atoms with Crippen molar-refractivity contribution in [3.05, 3.63) is 60.6 Å². The number of rotatable bonds is 11. The Balaban J connectivity index is 1.52. The lowest BCUT2D eigenvalue weighted by atomic mass is 10.1. The van der Waals surface area contributed by atoms with E-state index in [1.54, 1.807) is 42.7 Å². The minimum absolute atomic E-state index is 0.0528. The molecule has 0 saturated carbocycles. The fourth-order valence-electron chi connectivity index (χ4n) is 4.30. The molecule has 0 spiro atoms. The van der Waals surface area contributed by atoms with E-state index in [-0.39, 0.29) is 44.1 Å². The predicted molar refractivity (Wildman–Crippen MR) is 152 cm³/mol. The number of amides is 3. The van der Waals surface area contributed by atoms with Crippen molar-refractivity contribution in [3.63, 3.8) is 0 Å². The van der Waals surface area contributed by atoms with Crippen LogP contribution in [0.4, 0.5) is 4.79 Å². The van der Waals surface area contributed by atoms with Gasteiger partial charge in [0.25, 0.3) is 5.91 Å². The third-order valence-corrected chi connectivity index (χ3v) is 7.44. The Labute approximate surface area is 242 Å². The zero-order valence-electron chi connectivity index (χ0n) is 23.2. The standard InChI is InChI=1S/C27H34N7O7P/c1-2-3-17-41-27(37)33-15-13-32(14-16-33)26(36)21(10-18-42(38,39)40)30-25(35)22-19-23(34-12-7-11-28-34)31-24(29-22)20-8-5-4-6-9-20/h4-9,11-12,19,21H,2-3,10,13-18H2,1H3,(H,30,35)(H2,38,39,40)/t21-/m0/s1. The minimum Gasteiger partial charge on any atom is -0.449 e. The van der Waals surface area contributed by atoms with Crippen molar-refractivity contribution < 1.29 is 33.5 Å². The van der Waals surface area contributed by atoms with Gasteiger partial charge in [-0.1, -0.05) is 43.7 Å². The molecular formula is C27H34N7O7P. The van der Waals surface area contributed by atoms with E-state index in [1.807, 2.05) is 13.0 Å². The molecule has 1 saturated heterocycles. The van der Waals surface area contributed by atoms with Gasteiger partial charge in [0.2, 0.25) is 5.91 Å². The summed E-state index contributed by atoms with van der Waals surface area (Å²) in [5, 5.41) is 6.80. The highest BCUT2D eigenvalue weighted by Gasteiger charge is 2.32. The van der Waals surface area contributed by atoms with Crippen LogP contribution >= 0.6 is 7.60 Å². The smallest absolute Gasteiger partial charge is 0.409 e. The van der Waals surface area contributed by atoms with Gasteiger partial charge in [-0.05, 0) is 18.9 Å². The van der Waals surface area contributed by atoms with Crippen LogP contribution in [0, 0.1) is 0 Å². The van der Waals surface area contributed by atoms with Crippen LogP contribution in [0.1, 0.15) is 36.7 Å². The SMILES string of the molecule is CCCCOC(=O)N1CCN(C(=O)[C@H](CCP(=O)(O)O)NC(=O)c2cc(-n3cccn3)nc(-c3ccccc3)n2)CC1. The first-order valence-corrected chi connectivity index (χ1v) is 15.4. The van der Waals surface area contributed by atoms with Gasteiger partial charge < -0.3 is 29.6 Å². The Bertz CT molecular complexity index is 1410. The summed E-state index contributed by atoms with van der Waals surface area (Å²) in [6.45, 7) is 3.14. The lowest BCUT2D eigenvalue weighted by Crippen LogP contribution is -2.56. The van der Waals surface area contributed by atoms with Crippen LogP contribution in [-0.4, -0.2) is 102 Å². The summed E-state index contributed by atoms with van der Waals surface area (Å²) in [5.41, 5.74) is 0.601. The van der Waals surface area contributed by atoms with E-state index < -0.39 is 37.7 Å². The number of carbonyl (C=O) groups is 3. The summed E-state index contributed by atoms with van der Waals surface area (Å²) in [6, 6.07) is 10.9. The van der Waals surface area contributed by atoms with Crippen molar-refractivity contribution in [2.75, 3.05) is 38.9 Å². The van der Waals surface area contributed by atoms with Crippen molar-refractivity contribution in [2.24, 2.45) is 0 Å². The summed E-state index contributed by atoms with van der Waals surface area (Å²) in [5.74, 6) is -0.654. The van der Waals surface area contributed by atoms with Gasteiger partial charge in [-0.3, -0.25) is 14.2 Å². The molecule has 3 aromatic rings. The van der Waals surface area contributed by atoms with Crippen LogP contribution in [0.3, 0.4) is 0 Å². The third-order valence-electron chi connectivity index (χ3n) is 6.60. The molecule has 4 rings (SSSR count). The van der Waals surface area contributed by atoms with Gasteiger partial charge in [0, 0.05) is 50.2 Å². The number of carbonyl (C=O) groups excluding carboxylic acids is 3. The summed E-state index contributed by atoms with van der Waals surface area (Å²) < 4.78 is 18.4. The van der Waals surface area contributed by atoms with E-state index in [2.05, 4.69) is 20.4 Å². The number of aromatic nitrogens is 4. The van der Waals surface area contributed by atoms with Crippen molar-refractivity contribution in [1.29, 1.82) is 0 Å². The highest BCUT2D eigenvalue weighted by Crippen LogP contribution is 2.35. The highest BCUT2D eigenvalue weighted by molar-refractivity contribution is 7.51. The molecule has 0 radical (unpaired) electrons. The molecule has 3 N–H and O–H groups in total. The number of nitrogens with zero attached hydrogens (tertiary/aromatic N) is 6. The topological polar surface area (TPSA) is 180 Å². The Morgan fingerprint density at radius 3 is 2.40 bits per heavy atom. The molecule has 1 aliphatic rings. The first-order valence-electron chi connectivity index (χ1n) is 13.6. The largest absolute Gasteiger partial charge is 0.449 e. The van der Waals surface area contributed by atoms with E-state index in [9.17, 15) is 28.7 Å². The lowest BCUT2D eigenvalue weighted by molar-refractivity contribution is -0.134. The molecule has 1 atom stereocenters. The van der Waals surface area contributed by atoms with Gasteiger partial charge in [-0.15, -0.1) is 0 Å². The van der Waals surface area contributed by atoms with E-state index in [0.29, 0.717) is 18.0 Å². The van der Waals surface area contributed by atoms with Crippen LogP contribution in [0.15, 0.2) is 54.9 Å². The second kappa shape index (κ2) is 14.2. The highest BCUT2D eigenvalue weighted by atomic mass is 31.2.